The average Bonchev–Trinajstić information content (AvgIpc) is 2.35. The summed E-state index contributed by atoms with van der Waals surface area (Å²) in [6, 6.07) is 5.27. The Labute approximate surface area is 107 Å². The molecule has 0 saturated carbocycles. The van der Waals surface area contributed by atoms with E-state index >= 15 is 0 Å². The van der Waals surface area contributed by atoms with Gasteiger partial charge in [-0.25, -0.2) is 0 Å². The van der Waals surface area contributed by atoms with Gasteiger partial charge in [-0.05, 0) is 30.7 Å². The average molecular weight is 252 g/mol. The van der Waals surface area contributed by atoms with E-state index in [2.05, 4.69) is 10.6 Å². The molecule has 0 bridgehead atoms. The number of ether oxygens (including phenoxy) is 1. The van der Waals surface area contributed by atoms with Crippen molar-refractivity contribution < 1.29 is 14.6 Å². The van der Waals surface area contributed by atoms with Gasteiger partial charge in [0.2, 0.25) is 5.91 Å². The molecule has 100 valence electrons. The summed E-state index contributed by atoms with van der Waals surface area (Å²) in [4.78, 5) is 10.6. The summed E-state index contributed by atoms with van der Waals surface area (Å²) in [7, 11) is 1.53. The van der Waals surface area contributed by atoms with Gasteiger partial charge in [0.1, 0.15) is 0 Å². The highest BCUT2D eigenvalue weighted by atomic mass is 16.5. The van der Waals surface area contributed by atoms with Gasteiger partial charge in [-0.2, -0.15) is 0 Å². The molecule has 1 aromatic carbocycles. The minimum Gasteiger partial charge on any atom is -0.504 e. The first-order valence-corrected chi connectivity index (χ1v) is 5.94. The van der Waals surface area contributed by atoms with Crippen LogP contribution in [0.15, 0.2) is 18.2 Å². The summed E-state index contributed by atoms with van der Waals surface area (Å²) < 4.78 is 5.03. The zero-order chi connectivity index (χ0) is 13.4. The molecule has 0 unspecified atom stereocenters. The first kappa shape index (κ1) is 14.3. The summed E-state index contributed by atoms with van der Waals surface area (Å²) in [5, 5.41) is 15.4. The van der Waals surface area contributed by atoms with E-state index in [9.17, 15) is 9.90 Å². The third-order valence-corrected chi connectivity index (χ3v) is 2.48. The molecule has 0 aliphatic carbocycles. The summed E-state index contributed by atoms with van der Waals surface area (Å²) in [5.41, 5.74) is 1.05. The van der Waals surface area contributed by atoms with Crippen LogP contribution in [0.25, 0.3) is 0 Å². The van der Waals surface area contributed by atoms with E-state index in [0.717, 1.165) is 18.5 Å². The van der Waals surface area contributed by atoms with Crippen molar-refractivity contribution in [3.05, 3.63) is 23.8 Å². The fourth-order valence-electron chi connectivity index (χ4n) is 1.54. The van der Waals surface area contributed by atoms with Crippen molar-refractivity contribution >= 4 is 5.91 Å². The highest BCUT2D eigenvalue weighted by molar-refractivity contribution is 5.72. The van der Waals surface area contributed by atoms with Crippen molar-refractivity contribution in [1.82, 2.24) is 10.6 Å². The number of amides is 1. The Morgan fingerprint density at radius 3 is 2.83 bits per heavy atom. The van der Waals surface area contributed by atoms with Gasteiger partial charge in [0, 0.05) is 20.0 Å². The van der Waals surface area contributed by atoms with E-state index in [1.54, 1.807) is 12.1 Å². The number of carbonyl (C=O) groups excluding carboxylic acids is 1. The lowest BCUT2D eigenvalue weighted by atomic mass is 10.2. The molecule has 0 fully saturated rings. The molecule has 5 heteroatoms. The fourth-order valence-corrected chi connectivity index (χ4v) is 1.54. The normalized spacial score (nSPS) is 10.1. The predicted octanol–water partition coefficient (Wildman–Crippen LogP) is 1.02. The van der Waals surface area contributed by atoms with E-state index < -0.39 is 0 Å². The quantitative estimate of drug-likeness (QED) is 0.634. The molecular weight excluding hydrogens is 232 g/mol. The number of methoxy groups -OCH3 is 1. The molecule has 0 radical (unpaired) electrons. The molecule has 0 aliphatic rings. The molecule has 0 atom stereocenters. The predicted molar refractivity (Wildman–Crippen MR) is 69.7 cm³/mol. The number of hydrogen-bond acceptors (Lipinski definition) is 4. The van der Waals surface area contributed by atoms with E-state index in [0.29, 0.717) is 18.8 Å². The molecule has 3 N–H and O–H groups in total. The lowest BCUT2D eigenvalue weighted by Gasteiger charge is -2.08. The van der Waals surface area contributed by atoms with Gasteiger partial charge in [-0.15, -0.1) is 0 Å². The second kappa shape index (κ2) is 7.55. The van der Waals surface area contributed by atoms with Crippen molar-refractivity contribution in [2.75, 3.05) is 20.2 Å². The molecule has 0 spiro atoms. The highest BCUT2D eigenvalue weighted by Crippen LogP contribution is 2.25. The minimum absolute atomic E-state index is 0.00160. The van der Waals surface area contributed by atoms with Crippen LogP contribution in [-0.4, -0.2) is 31.2 Å². The first-order chi connectivity index (χ1) is 8.63. The number of nitrogens with one attached hydrogen (secondary N) is 2. The van der Waals surface area contributed by atoms with Crippen LogP contribution in [0.4, 0.5) is 0 Å². The van der Waals surface area contributed by atoms with Gasteiger partial charge >= 0.3 is 0 Å². The largest absolute Gasteiger partial charge is 0.504 e. The standard InChI is InChI=1S/C13H20N2O3/c1-10(16)15-7-3-6-14-9-11-4-5-12(17)13(8-11)18-2/h4-5,8,14,17H,3,6-7,9H2,1-2H3,(H,15,16). The maximum absolute atomic E-state index is 10.6. The highest BCUT2D eigenvalue weighted by Gasteiger charge is 2.02. The van der Waals surface area contributed by atoms with Crippen molar-refractivity contribution in [3.63, 3.8) is 0 Å². The van der Waals surface area contributed by atoms with Gasteiger partial charge in [0.15, 0.2) is 11.5 Å². The van der Waals surface area contributed by atoms with Crippen LogP contribution < -0.4 is 15.4 Å². The molecular formula is C13H20N2O3. The van der Waals surface area contributed by atoms with Gasteiger partial charge in [0.25, 0.3) is 0 Å². The summed E-state index contributed by atoms with van der Waals surface area (Å²) in [5.74, 6) is 0.623. The third kappa shape index (κ3) is 5.05. The smallest absolute Gasteiger partial charge is 0.216 e. The van der Waals surface area contributed by atoms with Gasteiger partial charge < -0.3 is 20.5 Å². The van der Waals surface area contributed by atoms with Crippen LogP contribution in [0.5, 0.6) is 11.5 Å². The van der Waals surface area contributed by atoms with E-state index in [-0.39, 0.29) is 11.7 Å². The number of benzene rings is 1. The molecule has 0 saturated heterocycles. The lowest BCUT2D eigenvalue weighted by Crippen LogP contribution is -2.24. The van der Waals surface area contributed by atoms with Crippen LogP contribution in [0.3, 0.4) is 0 Å². The molecule has 1 aromatic rings. The van der Waals surface area contributed by atoms with Crippen LogP contribution in [-0.2, 0) is 11.3 Å². The first-order valence-electron chi connectivity index (χ1n) is 5.94. The monoisotopic (exact) mass is 252 g/mol. The van der Waals surface area contributed by atoms with Crippen molar-refractivity contribution in [2.45, 2.75) is 19.9 Å². The molecule has 1 rings (SSSR count). The zero-order valence-electron chi connectivity index (χ0n) is 10.8. The number of phenols is 1. The molecule has 0 aromatic heterocycles. The fraction of sp³-hybridized carbons (Fsp3) is 0.462. The maximum Gasteiger partial charge on any atom is 0.216 e. The van der Waals surface area contributed by atoms with Crippen LogP contribution in [0.1, 0.15) is 18.9 Å². The van der Waals surface area contributed by atoms with E-state index in [1.807, 2.05) is 6.07 Å². The third-order valence-electron chi connectivity index (χ3n) is 2.48. The van der Waals surface area contributed by atoms with Crippen LogP contribution in [0, 0.1) is 0 Å². The van der Waals surface area contributed by atoms with Gasteiger partial charge in [0.05, 0.1) is 7.11 Å². The Bertz CT molecular complexity index is 394. The topological polar surface area (TPSA) is 70.6 Å². The molecule has 0 heterocycles. The Balaban J connectivity index is 2.25. The maximum atomic E-state index is 10.6. The van der Waals surface area contributed by atoms with Crippen LogP contribution in [0.2, 0.25) is 0 Å². The summed E-state index contributed by atoms with van der Waals surface area (Å²) >= 11 is 0. The number of phenolic OH excluding ortho intramolecular Hbond substituents is 1. The summed E-state index contributed by atoms with van der Waals surface area (Å²) in [6.07, 6.45) is 0.884. The zero-order valence-corrected chi connectivity index (χ0v) is 10.8. The van der Waals surface area contributed by atoms with E-state index in [1.165, 1.54) is 14.0 Å². The Morgan fingerprint density at radius 1 is 1.39 bits per heavy atom. The Kier molecular flexibility index (Phi) is 6.00. The second-order valence-corrected chi connectivity index (χ2v) is 4.02. The molecule has 1 amide bonds. The SMILES string of the molecule is COc1cc(CNCCCNC(C)=O)ccc1O. The Morgan fingerprint density at radius 2 is 2.17 bits per heavy atom. The number of carbonyl (C=O) groups is 1. The van der Waals surface area contributed by atoms with Gasteiger partial charge in [-0.3, -0.25) is 4.79 Å². The Hall–Kier alpha value is -1.75. The van der Waals surface area contributed by atoms with Crippen molar-refractivity contribution in [3.8, 4) is 11.5 Å². The number of rotatable bonds is 7. The molecule has 0 aliphatic heterocycles. The number of hydrogen-bond donors (Lipinski definition) is 3. The molecule has 5 nitrogen and oxygen atoms in total. The number of aromatic hydroxyl groups is 1. The van der Waals surface area contributed by atoms with Crippen molar-refractivity contribution in [2.24, 2.45) is 0 Å². The van der Waals surface area contributed by atoms with Crippen LogP contribution >= 0.6 is 0 Å². The molecule has 18 heavy (non-hydrogen) atoms. The minimum atomic E-state index is -0.00160. The van der Waals surface area contributed by atoms with E-state index in [4.69, 9.17) is 4.74 Å². The summed E-state index contributed by atoms with van der Waals surface area (Å²) in [6.45, 7) is 3.72. The van der Waals surface area contributed by atoms with Gasteiger partial charge in [-0.1, -0.05) is 6.07 Å². The van der Waals surface area contributed by atoms with Crippen molar-refractivity contribution in [1.29, 1.82) is 0 Å². The second-order valence-electron chi connectivity index (χ2n) is 4.02. The lowest BCUT2D eigenvalue weighted by molar-refractivity contribution is -0.118.